The van der Waals surface area contributed by atoms with Crippen LogP contribution >= 0.6 is 0 Å². The summed E-state index contributed by atoms with van der Waals surface area (Å²) < 4.78 is 28.2. The molecule has 2 aliphatic heterocycles. The number of carbonyl (C=O) groups excluding carboxylic acids is 1. The number of carboxylic acids is 1. The van der Waals surface area contributed by atoms with E-state index in [9.17, 15) is 18.4 Å². The van der Waals surface area contributed by atoms with Crippen LogP contribution in [-0.2, 0) is 16.2 Å². The molecule has 1 N–H and O–H groups in total. The highest BCUT2D eigenvalue weighted by molar-refractivity contribution is 5.85. The van der Waals surface area contributed by atoms with Crippen molar-refractivity contribution in [1.82, 2.24) is 9.96 Å². The van der Waals surface area contributed by atoms with Crippen LogP contribution in [0.2, 0.25) is 0 Å². The molecule has 2 bridgehead atoms. The molecule has 0 spiro atoms. The lowest BCUT2D eigenvalue weighted by Gasteiger charge is -2.33. The van der Waals surface area contributed by atoms with Crippen LogP contribution in [-0.4, -0.2) is 51.6 Å². The van der Waals surface area contributed by atoms with Gasteiger partial charge in [0.15, 0.2) is 0 Å². The maximum Gasteiger partial charge on any atom is 0.345 e. The number of carboxylic acid groups (broad SMARTS) is 1. The van der Waals surface area contributed by atoms with Crippen LogP contribution in [0.25, 0.3) is 0 Å². The smallest absolute Gasteiger partial charge is 0.345 e. The molecule has 2 fully saturated rings. The molecule has 8 heteroatoms. The molecule has 2 heterocycles. The van der Waals surface area contributed by atoms with Crippen LogP contribution in [0, 0.1) is 0 Å². The molecule has 0 aromatic heterocycles. The van der Waals surface area contributed by atoms with Crippen molar-refractivity contribution in [3.63, 3.8) is 0 Å². The highest BCUT2D eigenvalue weighted by atomic mass is 19.3. The molecule has 22 heavy (non-hydrogen) atoms. The molecular formula is C14H14F2N2O4. The minimum absolute atomic E-state index is 0.0370. The summed E-state index contributed by atoms with van der Waals surface area (Å²) in [5, 5.41) is 9.64. The van der Waals surface area contributed by atoms with Crippen LogP contribution in [0.5, 0.6) is 0 Å². The van der Waals surface area contributed by atoms with E-state index in [1.807, 2.05) is 0 Å². The number of benzene rings is 1. The van der Waals surface area contributed by atoms with Gasteiger partial charge in [-0.2, -0.15) is 5.06 Å². The third kappa shape index (κ3) is 2.39. The van der Waals surface area contributed by atoms with Crippen LogP contribution < -0.4 is 0 Å². The van der Waals surface area contributed by atoms with E-state index < -0.39 is 36.4 Å². The number of urea groups is 1. The topological polar surface area (TPSA) is 70.1 Å². The van der Waals surface area contributed by atoms with E-state index in [0.29, 0.717) is 5.06 Å². The van der Waals surface area contributed by atoms with Crippen molar-refractivity contribution in [3.8, 4) is 0 Å². The number of fused-ring (bicyclic) bond motifs is 2. The third-order valence-electron chi connectivity index (χ3n) is 3.91. The van der Waals surface area contributed by atoms with E-state index in [1.54, 1.807) is 30.3 Å². The monoisotopic (exact) mass is 312 g/mol. The summed E-state index contributed by atoms with van der Waals surface area (Å²) in [4.78, 5) is 29.4. The van der Waals surface area contributed by atoms with Gasteiger partial charge in [-0.25, -0.2) is 18.4 Å². The van der Waals surface area contributed by atoms with Crippen molar-refractivity contribution in [3.05, 3.63) is 35.9 Å². The van der Waals surface area contributed by atoms with E-state index in [4.69, 9.17) is 9.94 Å². The zero-order valence-corrected chi connectivity index (χ0v) is 11.5. The number of hydrogen-bond donors (Lipinski definition) is 1. The second kappa shape index (κ2) is 5.20. The number of carbonyl (C=O) groups is 2. The first kappa shape index (κ1) is 14.7. The second-order valence-corrected chi connectivity index (χ2v) is 5.35. The Kier molecular flexibility index (Phi) is 3.48. The number of hydroxylamine groups is 2. The number of aliphatic carboxylic acids is 1. The Bertz CT molecular complexity index is 596. The maximum absolute atomic E-state index is 14.1. The van der Waals surface area contributed by atoms with Gasteiger partial charge in [-0.3, -0.25) is 4.84 Å². The first-order valence-electron chi connectivity index (χ1n) is 6.77. The van der Waals surface area contributed by atoms with Gasteiger partial charge in [0.1, 0.15) is 18.7 Å². The largest absolute Gasteiger partial charge is 0.480 e. The number of hydrogen-bond acceptors (Lipinski definition) is 3. The summed E-state index contributed by atoms with van der Waals surface area (Å²) in [6.07, 6.45) is -0.899. The summed E-state index contributed by atoms with van der Waals surface area (Å²) in [5.74, 6) is -4.74. The molecule has 0 saturated carbocycles. The fourth-order valence-corrected chi connectivity index (χ4v) is 2.75. The van der Waals surface area contributed by atoms with Crippen molar-refractivity contribution in [2.75, 3.05) is 6.54 Å². The van der Waals surface area contributed by atoms with Gasteiger partial charge >= 0.3 is 12.0 Å². The van der Waals surface area contributed by atoms with Crippen molar-refractivity contribution >= 4 is 12.0 Å². The molecule has 0 radical (unpaired) electrons. The lowest BCUT2D eigenvalue weighted by molar-refractivity contribution is -0.200. The van der Waals surface area contributed by atoms with Gasteiger partial charge in [0.05, 0.1) is 6.54 Å². The molecule has 118 valence electrons. The van der Waals surface area contributed by atoms with Gasteiger partial charge < -0.3 is 10.0 Å². The van der Waals surface area contributed by atoms with Crippen molar-refractivity contribution in [1.29, 1.82) is 0 Å². The molecule has 2 aliphatic rings. The fraction of sp³-hybridized carbons (Fsp3) is 0.429. The van der Waals surface area contributed by atoms with E-state index in [1.165, 1.54) is 0 Å². The summed E-state index contributed by atoms with van der Waals surface area (Å²) in [6.45, 7) is -0.387. The predicted molar refractivity (Wildman–Crippen MR) is 69.9 cm³/mol. The molecule has 1 aromatic carbocycles. The molecule has 2 atom stereocenters. The van der Waals surface area contributed by atoms with Crippen molar-refractivity contribution in [2.24, 2.45) is 0 Å². The number of amides is 2. The van der Waals surface area contributed by atoms with Gasteiger partial charge in [-0.15, -0.1) is 0 Å². The zero-order valence-electron chi connectivity index (χ0n) is 11.5. The number of alkyl halides is 2. The Morgan fingerprint density at radius 3 is 2.68 bits per heavy atom. The summed E-state index contributed by atoms with van der Waals surface area (Å²) in [5.41, 5.74) is 0.727. The average Bonchev–Trinajstić information content (AvgIpc) is 2.77. The summed E-state index contributed by atoms with van der Waals surface area (Å²) in [6, 6.07) is 5.00. The van der Waals surface area contributed by atoms with E-state index in [0.717, 1.165) is 10.5 Å². The van der Waals surface area contributed by atoms with E-state index in [-0.39, 0.29) is 13.2 Å². The molecule has 0 unspecified atom stereocenters. The summed E-state index contributed by atoms with van der Waals surface area (Å²) >= 11 is 0. The Labute approximate surface area is 124 Å². The number of halogens is 2. The second-order valence-electron chi connectivity index (χ2n) is 5.35. The minimum Gasteiger partial charge on any atom is -0.480 e. The fourth-order valence-electron chi connectivity index (χ4n) is 2.75. The van der Waals surface area contributed by atoms with Crippen LogP contribution in [0.15, 0.2) is 30.3 Å². The summed E-state index contributed by atoms with van der Waals surface area (Å²) in [7, 11) is 0. The van der Waals surface area contributed by atoms with Gasteiger partial charge in [-0.1, -0.05) is 30.3 Å². The quantitative estimate of drug-likeness (QED) is 0.919. The standard InChI is InChI=1S/C14H14F2N2O4/c15-14(16)6-10(12(19)20)17-7-11(14)18(13(17)21)22-8-9-4-2-1-3-5-9/h1-5,10-11H,6-8H2,(H,19,20)/t10-,11-/m0/s1. The lowest BCUT2D eigenvalue weighted by Crippen LogP contribution is -2.54. The SMILES string of the molecule is O=C(O)[C@@H]1CC(F)(F)[C@@H]2CN1C(=O)N2OCc1ccccc1. The molecule has 2 saturated heterocycles. The normalized spacial score (nSPS) is 26.4. The molecule has 0 aliphatic carbocycles. The highest BCUT2D eigenvalue weighted by Gasteiger charge is 2.61. The van der Waals surface area contributed by atoms with Crippen LogP contribution in [0.1, 0.15) is 12.0 Å². The third-order valence-corrected chi connectivity index (χ3v) is 3.91. The van der Waals surface area contributed by atoms with E-state index in [2.05, 4.69) is 0 Å². The Morgan fingerprint density at radius 2 is 2.05 bits per heavy atom. The number of rotatable bonds is 4. The van der Waals surface area contributed by atoms with E-state index >= 15 is 0 Å². The van der Waals surface area contributed by atoms with Crippen molar-refractivity contribution < 1.29 is 28.3 Å². The molecule has 3 rings (SSSR count). The lowest BCUT2D eigenvalue weighted by atomic mass is 9.97. The van der Waals surface area contributed by atoms with Crippen molar-refractivity contribution in [2.45, 2.75) is 31.0 Å². The number of piperidine rings is 1. The van der Waals surface area contributed by atoms with Gasteiger partial charge in [-0.05, 0) is 5.56 Å². The molecule has 2 amide bonds. The molecular weight excluding hydrogens is 298 g/mol. The molecule has 1 aromatic rings. The molecule has 6 nitrogen and oxygen atoms in total. The average molecular weight is 312 g/mol. The first-order chi connectivity index (χ1) is 10.4. The minimum atomic E-state index is -3.30. The Hall–Kier alpha value is -2.22. The Morgan fingerprint density at radius 1 is 1.36 bits per heavy atom. The Balaban J connectivity index is 1.78. The van der Waals surface area contributed by atoms with Gasteiger partial charge in [0.25, 0.3) is 5.92 Å². The first-order valence-corrected chi connectivity index (χ1v) is 6.77. The predicted octanol–water partition coefficient (Wildman–Crippen LogP) is 1.72. The number of nitrogens with zero attached hydrogens (tertiary/aromatic N) is 2. The van der Waals surface area contributed by atoms with Crippen LogP contribution in [0.3, 0.4) is 0 Å². The maximum atomic E-state index is 14.1. The zero-order chi connectivity index (χ0) is 15.9. The highest BCUT2D eigenvalue weighted by Crippen LogP contribution is 2.40. The van der Waals surface area contributed by atoms with Crippen LogP contribution in [0.4, 0.5) is 13.6 Å². The van der Waals surface area contributed by atoms with Gasteiger partial charge in [0, 0.05) is 6.42 Å². The van der Waals surface area contributed by atoms with Gasteiger partial charge in [0.2, 0.25) is 0 Å².